The zero-order chi connectivity index (χ0) is 10.6. The molecule has 0 aromatic heterocycles. The molecule has 1 unspecified atom stereocenters. The van der Waals surface area contributed by atoms with Gasteiger partial charge in [-0.3, -0.25) is 10.0 Å². The van der Waals surface area contributed by atoms with E-state index < -0.39 is 12.1 Å². The van der Waals surface area contributed by atoms with Crippen LogP contribution in [0, 0.1) is 4.91 Å². The third-order valence-corrected chi connectivity index (χ3v) is 1.67. The normalized spacial score (nSPS) is 11.9. The standard InChI is InChI=1S/C8H8N2O4/c11-7(9-13)5-1-2-6(4-3-5)8(12)10-14/h1-4,7,11,14H,(H,10,12). The van der Waals surface area contributed by atoms with E-state index in [1.165, 1.54) is 29.7 Å². The number of nitroso groups, excluding NO2 is 1. The smallest absolute Gasteiger partial charge is 0.274 e. The highest BCUT2D eigenvalue weighted by atomic mass is 16.5. The van der Waals surface area contributed by atoms with Gasteiger partial charge in [0.05, 0.1) is 0 Å². The first-order chi connectivity index (χ1) is 6.69. The van der Waals surface area contributed by atoms with E-state index >= 15 is 0 Å². The molecular weight excluding hydrogens is 188 g/mol. The number of aliphatic hydroxyl groups is 1. The summed E-state index contributed by atoms with van der Waals surface area (Å²) in [7, 11) is 0. The molecule has 0 saturated carbocycles. The molecule has 1 aromatic carbocycles. The highest BCUT2D eigenvalue weighted by Crippen LogP contribution is 2.14. The lowest BCUT2D eigenvalue weighted by molar-refractivity contribution is 0.0706. The number of carbonyl (C=O) groups excluding carboxylic acids is 1. The summed E-state index contributed by atoms with van der Waals surface area (Å²) in [5, 5.41) is 19.7. The van der Waals surface area contributed by atoms with Gasteiger partial charge in [-0.25, -0.2) is 5.48 Å². The molecule has 1 rings (SSSR count). The van der Waals surface area contributed by atoms with Gasteiger partial charge in [-0.1, -0.05) is 12.1 Å². The zero-order valence-corrected chi connectivity index (χ0v) is 7.04. The van der Waals surface area contributed by atoms with Crippen LogP contribution in [0.15, 0.2) is 29.4 Å². The van der Waals surface area contributed by atoms with Gasteiger partial charge >= 0.3 is 0 Å². The number of hydrogen-bond donors (Lipinski definition) is 3. The van der Waals surface area contributed by atoms with Crippen LogP contribution in [0.3, 0.4) is 0 Å². The highest BCUT2D eigenvalue weighted by molar-refractivity contribution is 5.93. The fraction of sp³-hybridized carbons (Fsp3) is 0.125. The molecule has 6 nitrogen and oxygen atoms in total. The van der Waals surface area contributed by atoms with E-state index in [0.717, 1.165) is 0 Å². The molecule has 14 heavy (non-hydrogen) atoms. The SMILES string of the molecule is O=NC(O)c1ccc(C(=O)NO)cc1. The van der Waals surface area contributed by atoms with Crippen molar-refractivity contribution in [3.63, 3.8) is 0 Å². The third kappa shape index (κ3) is 2.12. The third-order valence-electron chi connectivity index (χ3n) is 1.67. The van der Waals surface area contributed by atoms with Gasteiger partial charge in [0, 0.05) is 11.1 Å². The molecule has 0 fully saturated rings. The van der Waals surface area contributed by atoms with Gasteiger partial charge < -0.3 is 5.11 Å². The van der Waals surface area contributed by atoms with Gasteiger partial charge in [0.1, 0.15) is 0 Å². The summed E-state index contributed by atoms with van der Waals surface area (Å²) in [6, 6.07) is 5.46. The van der Waals surface area contributed by atoms with Crippen molar-refractivity contribution in [1.29, 1.82) is 0 Å². The first-order valence-corrected chi connectivity index (χ1v) is 3.74. The summed E-state index contributed by atoms with van der Waals surface area (Å²) in [5.74, 6) is -0.662. The maximum atomic E-state index is 10.9. The van der Waals surface area contributed by atoms with Crippen molar-refractivity contribution in [3.8, 4) is 0 Å². The van der Waals surface area contributed by atoms with Gasteiger partial charge in [0.2, 0.25) is 6.23 Å². The summed E-state index contributed by atoms with van der Waals surface area (Å²) in [4.78, 5) is 20.8. The minimum Gasteiger partial charge on any atom is -0.365 e. The Bertz CT molecular complexity index is 336. The molecule has 0 aliphatic rings. The first-order valence-electron chi connectivity index (χ1n) is 3.74. The Morgan fingerprint density at radius 2 is 1.93 bits per heavy atom. The molecule has 0 aliphatic carbocycles. The van der Waals surface area contributed by atoms with Gasteiger partial charge in [-0.15, -0.1) is 4.91 Å². The van der Waals surface area contributed by atoms with E-state index in [9.17, 15) is 9.70 Å². The number of aliphatic hydroxyl groups excluding tert-OH is 1. The Morgan fingerprint density at radius 1 is 1.36 bits per heavy atom. The molecule has 1 amide bonds. The molecule has 0 heterocycles. The lowest BCUT2D eigenvalue weighted by atomic mass is 10.1. The van der Waals surface area contributed by atoms with Gasteiger partial charge in [0.25, 0.3) is 5.91 Å². The molecule has 0 bridgehead atoms. The monoisotopic (exact) mass is 196 g/mol. The van der Waals surface area contributed by atoms with Crippen LogP contribution in [-0.2, 0) is 0 Å². The van der Waals surface area contributed by atoms with E-state index in [1.807, 2.05) is 0 Å². The first kappa shape index (κ1) is 10.3. The van der Waals surface area contributed by atoms with E-state index in [1.54, 1.807) is 0 Å². The number of nitrogens with zero attached hydrogens (tertiary/aromatic N) is 1. The quantitative estimate of drug-likeness (QED) is 0.373. The maximum absolute atomic E-state index is 10.9. The topological polar surface area (TPSA) is 99.0 Å². The number of hydrogen-bond acceptors (Lipinski definition) is 5. The molecule has 0 radical (unpaired) electrons. The van der Waals surface area contributed by atoms with Crippen LogP contribution in [0.2, 0.25) is 0 Å². The van der Waals surface area contributed by atoms with Crippen molar-refractivity contribution >= 4 is 5.91 Å². The fourth-order valence-corrected chi connectivity index (χ4v) is 0.932. The van der Waals surface area contributed by atoms with E-state index in [4.69, 9.17) is 10.3 Å². The minimum absolute atomic E-state index is 0.217. The lowest BCUT2D eigenvalue weighted by Gasteiger charge is -2.02. The molecule has 74 valence electrons. The van der Waals surface area contributed by atoms with Crippen molar-refractivity contribution in [1.82, 2.24) is 5.48 Å². The number of carbonyl (C=O) groups is 1. The van der Waals surface area contributed by atoms with Crippen LogP contribution in [0.25, 0.3) is 0 Å². The van der Waals surface area contributed by atoms with Crippen LogP contribution in [-0.4, -0.2) is 16.2 Å². The number of benzene rings is 1. The molecule has 0 spiro atoms. The summed E-state index contributed by atoms with van der Waals surface area (Å²) < 4.78 is 0. The van der Waals surface area contributed by atoms with Crippen LogP contribution in [0.1, 0.15) is 22.1 Å². The largest absolute Gasteiger partial charge is 0.365 e. The van der Waals surface area contributed by atoms with Gasteiger partial charge in [-0.2, -0.15) is 0 Å². The van der Waals surface area contributed by atoms with Crippen molar-refractivity contribution in [2.24, 2.45) is 5.18 Å². The Balaban J connectivity index is 2.88. The summed E-state index contributed by atoms with van der Waals surface area (Å²) in [5.41, 5.74) is 1.96. The number of amides is 1. The fourth-order valence-electron chi connectivity index (χ4n) is 0.932. The Labute approximate surface area is 79.1 Å². The molecular formula is C8H8N2O4. The van der Waals surface area contributed by atoms with Crippen LogP contribution >= 0.6 is 0 Å². The van der Waals surface area contributed by atoms with Crippen molar-refractivity contribution < 1.29 is 15.1 Å². The molecule has 3 N–H and O–H groups in total. The highest BCUT2D eigenvalue weighted by Gasteiger charge is 2.08. The summed E-state index contributed by atoms with van der Waals surface area (Å²) in [6.45, 7) is 0. The van der Waals surface area contributed by atoms with E-state index in [2.05, 4.69) is 5.18 Å². The number of nitrogens with one attached hydrogen (secondary N) is 1. The molecule has 6 heteroatoms. The molecule has 0 aliphatic heterocycles. The second-order valence-corrected chi connectivity index (χ2v) is 2.54. The number of rotatable bonds is 3. The Kier molecular flexibility index (Phi) is 3.27. The van der Waals surface area contributed by atoms with E-state index in [0.29, 0.717) is 0 Å². The van der Waals surface area contributed by atoms with Crippen LogP contribution in [0.4, 0.5) is 0 Å². The second-order valence-electron chi connectivity index (χ2n) is 2.54. The maximum Gasteiger partial charge on any atom is 0.274 e. The average molecular weight is 196 g/mol. The number of hydroxylamine groups is 1. The molecule has 1 aromatic rings. The lowest BCUT2D eigenvalue weighted by Crippen LogP contribution is -2.18. The molecule has 0 saturated heterocycles. The molecule has 1 atom stereocenters. The van der Waals surface area contributed by atoms with Crippen LogP contribution in [0.5, 0.6) is 0 Å². The van der Waals surface area contributed by atoms with Crippen molar-refractivity contribution in [3.05, 3.63) is 40.3 Å². The Morgan fingerprint density at radius 3 is 2.36 bits per heavy atom. The van der Waals surface area contributed by atoms with Gasteiger partial charge in [-0.05, 0) is 17.3 Å². The predicted molar refractivity (Wildman–Crippen MR) is 46.4 cm³/mol. The summed E-state index contributed by atoms with van der Waals surface area (Å²) in [6.07, 6.45) is -1.43. The second kappa shape index (κ2) is 4.45. The van der Waals surface area contributed by atoms with Crippen LogP contribution < -0.4 is 5.48 Å². The predicted octanol–water partition coefficient (Wildman–Crippen LogP) is 0.563. The van der Waals surface area contributed by atoms with Gasteiger partial charge in [0.15, 0.2) is 0 Å². The van der Waals surface area contributed by atoms with Crippen molar-refractivity contribution in [2.45, 2.75) is 6.23 Å². The van der Waals surface area contributed by atoms with E-state index in [-0.39, 0.29) is 11.1 Å². The summed E-state index contributed by atoms with van der Waals surface area (Å²) >= 11 is 0. The Hall–Kier alpha value is -1.79. The minimum atomic E-state index is -1.43. The average Bonchev–Trinajstić information content (AvgIpc) is 2.27. The van der Waals surface area contributed by atoms with Crippen molar-refractivity contribution in [2.75, 3.05) is 0 Å². The zero-order valence-electron chi connectivity index (χ0n) is 7.04.